The van der Waals surface area contributed by atoms with E-state index < -0.39 is 5.54 Å². The normalized spacial score (nSPS) is 11.7. The van der Waals surface area contributed by atoms with Gasteiger partial charge in [0.25, 0.3) is 0 Å². The second-order valence-corrected chi connectivity index (χ2v) is 7.65. The van der Waals surface area contributed by atoms with Gasteiger partial charge >= 0.3 is 0 Å². The maximum atomic E-state index is 11.4. The number of benzene rings is 3. The Balaban J connectivity index is 1.90. The van der Waals surface area contributed by atoms with E-state index in [1.54, 1.807) is 5.38 Å². The Labute approximate surface area is 185 Å². The summed E-state index contributed by atoms with van der Waals surface area (Å²) in [7, 11) is 1.40. The summed E-state index contributed by atoms with van der Waals surface area (Å²) in [5.41, 5.74) is 3.16. The summed E-state index contributed by atoms with van der Waals surface area (Å²) in [5, 5.41) is 9.90. The highest BCUT2D eigenvalue weighted by Gasteiger charge is 2.37. The second-order valence-electron chi connectivity index (χ2n) is 6.79. The van der Waals surface area contributed by atoms with E-state index in [1.165, 1.54) is 18.4 Å². The molecule has 3 aromatic carbocycles. The Kier molecular flexibility index (Phi) is 6.19. The van der Waals surface area contributed by atoms with Gasteiger partial charge in [0.2, 0.25) is 0 Å². The lowest BCUT2D eigenvalue weighted by molar-refractivity contribution is -0.102. The first-order valence-electron chi connectivity index (χ1n) is 9.75. The number of hydrogen-bond acceptors (Lipinski definition) is 6. The lowest BCUT2D eigenvalue weighted by Crippen LogP contribution is -2.38. The van der Waals surface area contributed by atoms with Gasteiger partial charge < -0.3 is 10.2 Å². The number of rotatable bonds is 8. The van der Waals surface area contributed by atoms with Gasteiger partial charge in [0.15, 0.2) is 17.1 Å². The van der Waals surface area contributed by atoms with Crippen LogP contribution in [-0.4, -0.2) is 24.1 Å². The lowest BCUT2D eigenvalue weighted by Gasteiger charge is -2.36. The molecule has 0 aliphatic heterocycles. The van der Waals surface area contributed by atoms with Crippen LogP contribution in [0.3, 0.4) is 0 Å². The number of anilines is 1. The Morgan fingerprint density at radius 2 is 1.39 bits per heavy atom. The van der Waals surface area contributed by atoms with Crippen LogP contribution in [0, 0.1) is 0 Å². The molecule has 154 valence electrons. The highest BCUT2D eigenvalue weighted by molar-refractivity contribution is 7.14. The molecule has 4 rings (SSSR count). The minimum atomic E-state index is -0.682. The van der Waals surface area contributed by atoms with E-state index in [0.717, 1.165) is 16.7 Å². The van der Waals surface area contributed by atoms with E-state index in [4.69, 9.17) is 4.84 Å². The summed E-state index contributed by atoms with van der Waals surface area (Å²) in [5.74, 6) is 0. The molecule has 31 heavy (non-hydrogen) atoms. The predicted octanol–water partition coefficient (Wildman–Crippen LogP) is 5.10. The van der Waals surface area contributed by atoms with Crippen molar-refractivity contribution in [3.05, 3.63) is 119 Å². The minimum absolute atomic E-state index is 0.150. The van der Waals surface area contributed by atoms with Gasteiger partial charge in [0.1, 0.15) is 18.3 Å². The average Bonchev–Trinajstić information content (AvgIpc) is 3.31. The molecule has 4 aromatic rings. The van der Waals surface area contributed by atoms with E-state index >= 15 is 0 Å². The van der Waals surface area contributed by atoms with Crippen LogP contribution >= 0.6 is 11.3 Å². The van der Waals surface area contributed by atoms with Crippen LogP contribution < -0.4 is 5.32 Å². The SMILES string of the molecule is CO/N=C(/C=O)c1csc(NC(c2ccccc2)(c2ccccc2)c2ccccc2)n1. The lowest BCUT2D eigenvalue weighted by atomic mass is 9.77. The molecule has 0 fully saturated rings. The van der Waals surface area contributed by atoms with Crippen LogP contribution in [0.2, 0.25) is 0 Å². The van der Waals surface area contributed by atoms with Gasteiger partial charge in [0.05, 0.1) is 0 Å². The molecule has 0 aliphatic rings. The van der Waals surface area contributed by atoms with E-state index in [9.17, 15) is 4.79 Å². The van der Waals surface area contributed by atoms with Crippen LogP contribution in [0.15, 0.2) is 102 Å². The Morgan fingerprint density at radius 1 is 0.903 bits per heavy atom. The van der Waals surface area contributed by atoms with Gasteiger partial charge in [-0.05, 0) is 16.7 Å². The molecule has 0 amide bonds. The molecule has 0 spiro atoms. The molecular formula is C25H21N3O2S. The van der Waals surface area contributed by atoms with Gasteiger partial charge in [-0.1, -0.05) is 96.2 Å². The van der Waals surface area contributed by atoms with Gasteiger partial charge in [0, 0.05) is 5.38 Å². The van der Waals surface area contributed by atoms with Gasteiger partial charge in [-0.25, -0.2) is 4.98 Å². The molecule has 0 aliphatic carbocycles. The average molecular weight is 428 g/mol. The van der Waals surface area contributed by atoms with Gasteiger partial charge in [-0.15, -0.1) is 11.3 Å². The second kappa shape index (κ2) is 9.36. The topological polar surface area (TPSA) is 63.6 Å². The minimum Gasteiger partial charge on any atom is -0.398 e. The molecule has 0 radical (unpaired) electrons. The maximum Gasteiger partial charge on any atom is 0.184 e. The first kappa shape index (κ1) is 20.5. The van der Waals surface area contributed by atoms with E-state index in [0.29, 0.717) is 17.1 Å². The monoisotopic (exact) mass is 427 g/mol. The highest BCUT2D eigenvalue weighted by atomic mass is 32.1. The molecule has 0 unspecified atom stereocenters. The quantitative estimate of drug-likeness (QED) is 0.184. The molecule has 0 bridgehead atoms. The fourth-order valence-electron chi connectivity index (χ4n) is 3.62. The van der Waals surface area contributed by atoms with Crippen LogP contribution in [0.4, 0.5) is 5.13 Å². The summed E-state index contributed by atoms with van der Waals surface area (Å²) in [6.45, 7) is 0. The van der Waals surface area contributed by atoms with Crippen molar-refractivity contribution in [2.24, 2.45) is 5.16 Å². The van der Waals surface area contributed by atoms with Crippen molar-refractivity contribution in [3.8, 4) is 0 Å². The third-order valence-electron chi connectivity index (χ3n) is 4.98. The van der Waals surface area contributed by atoms with Crippen molar-refractivity contribution >= 4 is 28.5 Å². The van der Waals surface area contributed by atoms with Crippen molar-refractivity contribution in [2.75, 3.05) is 12.4 Å². The zero-order valence-corrected chi connectivity index (χ0v) is 17.8. The summed E-state index contributed by atoms with van der Waals surface area (Å²) >= 11 is 1.41. The highest BCUT2D eigenvalue weighted by Crippen LogP contribution is 2.40. The number of aldehydes is 1. The largest absolute Gasteiger partial charge is 0.398 e. The zero-order valence-electron chi connectivity index (χ0n) is 16.9. The van der Waals surface area contributed by atoms with Crippen LogP contribution in [-0.2, 0) is 15.2 Å². The maximum absolute atomic E-state index is 11.4. The van der Waals surface area contributed by atoms with Crippen molar-refractivity contribution < 1.29 is 9.63 Å². The molecule has 1 aromatic heterocycles. The Bertz CT molecular complexity index is 1060. The van der Waals surface area contributed by atoms with Crippen molar-refractivity contribution in [2.45, 2.75) is 5.54 Å². The number of hydrogen-bond donors (Lipinski definition) is 1. The number of oxime groups is 1. The van der Waals surface area contributed by atoms with E-state index in [-0.39, 0.29) is 5.71 Å². The molecule has 0 saturated carbocycles. The van der Waals surface area contributed by atoms with Crippen LogP contribution in [0.1, 0.15) is 22.4 Å². The smallest absolute Gasteiger partial charge is 0.184 e. The molecule has 1 N–H and O–H groups in total. The Morgan fingerprint density at radius 3 is 1.81 bits per heavy atom. The fourth-order valence-corrected chi connectivity index (χ4v) is 4.38. The van der Waals surface area contributed by atoms with Gasteiger partial charge in [-0.2, -0.15) is 0 Å². The molecular weight excluding hydrogens is 406 g/mol. The molecule has 0 saturated heterocycles. The van der Waals surface area contributed by atoms with Crippen molar-refractivity contribution in [1.82, 2.24) is 4.98 Å². The fraction of sp³-hybridized carbons (Fsp3) is 0.0800. The first-order chi connectivity index (χ1) is 15.3. The number of carbonyl (C=O) groups excluding carboxylic acids is 1. The summed E-state index contributed by atoms with van der Waals surface area (Å²) in [6, 6.07) is 30.8. The predicted molar refractivity (Wildman–Crippen MR) is 125 cm³/mol. The molecule has 5 nitrogen and oxygen atoms in total. The van der Waals surface area contributed by atoms with E-state index in [1.807, 2.05) is 54.6 Å². The zero-order chi connectivity index (χ0) is 21.5. The summed E-state index contributed by atoms with van der Waals surface area (Å²) in [4.78, 5) is 20.8. The molecule has 6 heteroatoms. The number of nitrogens with one attached hydrogen (secondary N) is 1. The number of aromatic nitrogens is 1. The summed E-state index contributed by atoms with van der Waals surface area (Å²) < 4.78 is 0. The molecule has 0 atom stereocenters. The number of thiazole rings is 1. The number of carbonyl (C=O) groups is 1. The van der Waals surface area contributed by atoms with Crippen LogP contribution in [0.5, 0.6) is 0 Å². The third-order valence-corrected chi connectivity index (χ3v) is 5.74. The Hall–Kier alpha value is -3.77. The van der Waals surface area contributed by atoms with Crippen LogP contribution in [0.25, 0.3) is 0 Å². The van der Waals surface area contributed by atoms with Crippen molar-refractivity contribution in [1.29, 1.82) is 0 Å². The van der Waals surface area contributed by atoms with Crippen molar-refractivity contribution in [3.63, 3.8) is 0 Å². The third kappa shape index (κ3) is 4.11. The number of nitrogens with zero attached hydrogens (tertiary/aromatic N) is 2. The van der Waals surface area contributed by atoms with Gasteiger partial charge in [-0.3, -0.25) is 4.79 Å². The standard InChI is InChI=1S/C25H21N3O2S/c1-30-28-22(17-29)23-18-31-24(26-23)27-25(19-11-5-2-6-12-19,20-13-7-3-8-14-20)21-15-9-4-10-16-21/h2-18H,1H3,(H,26,27)/b28-22-. The first-order valence-corrected chi connectivity index (χ1v) is 10.6. The summed E-state index contributed by atoms with van der Waals surface area (Å²) in [6.07, 6.45) is 0.640. The molecule has 1 heterocycles. The van der Waals surface area contributed by atoms with E-state index in [2.05, 4.69) is 51.9 Å².